The molecule has 0 aromatic heterocycles. The predicted molar refractivity (Wildman–Crippen MR) is 46.1 cm³/mol. The highest BCUT2D eigenvalue weighted by molar-refractivity contribution is 7.80. The quantitative estimate of drug-likeness (QED) is 0.587. The highest BCUT2D eigenvalue weighted by Crippen LogP contribution is 2.13. The van der Waals surface area contributed by atoms with Crippen molar-refractivity contribution in [3.8, 4) is 0 Å². The summed E-state index contributed by atoms with van der Waals surface area (Å²) in [7, 11) is -4.20. The van der Waals surface area contributed by atoms with Crippen LogP contribution in [-0.4, -0.2) is 36.8 Å². The van der Waals surface area contributed by atoms with Crippen molar-refractivity contribution in [1.29, 1.82) is 0 Å². The van der Waals surface area contributed by atoms with E-state index in [0.717, 1.165) is 6.42 Å². The Labute approximate surface area is 90.0 Å². The number of carbonyl (C=O) groups is 1. The molecule has 16 heavy (non-hydrogen) atoms. The Bertz CT molecular complexity index is 296. The number of halogens is 3. The normalized spacial score (nSPS) is 11.6. The second kappa shape index (κ2) is 7.41. The Hall–Kier alpha value is -0.870. The molecule has 0 saturated heterocycles. The van der Waals surface area contributed by atoms with E-state index in [0.29, 0.717) is 6.42 Å². The molecule has 0 aromatic rings. The van der Waals surface area contributed by atoms with Gasteiger partial charge in [-0.3, -0.25) is 4.55 Å². The van der Waals surface area contributed by atoms with Gasteiger partial charge >= 0.3 is 22.5 Å². The fraction of sp³-hybridized carbons (Fsp3) is 0.833. The molecule has 98 valence electrons. The third kappa shape index (κ3) is 15.6. The van der Waals surface area contributed by atoms with Crippen molar-refractivity contribution in [1.82, 2.24) is 0 Å². The summed E-state index contributed by atoms with van der Waals surface area (Å²) in [5.74, 6) is -2.76. The SMILES string of the molecule is CCCCOS(=O)(=O)O.O=C(O)C(F)(F)F. The third-order valence-electron chi connectivity index (χ3n) is 0.973. The summed E-state index contributed by atoms with van der Waals surface area (Å²) in [5.41, 5.74) is 0. The average molecular weight is 268 g/mol. The summed E-state index contributed by atoms with van der Waals surface area (Å²) >= 11 is 0. The molecule has 2 N–H and O–H groups in total. The molecule has 0 atom stereocenters. The molecular formula is C6H11F3O6S. The maximum absolute atomic E-state index is 10.6. The number of hydrogen-bond acceptors (Lipinski definition) is 4. The van der Waals surface area contributed by atoms with Crippen LogP contribution in [0.5, 0.6) is 0 Å². The number of carboxylic acids is 1. The van der Waals surface area contributed by atoms with E-state index in [1.807, 2.05) is 6.92 Å². The second-order valence-corrected chi connectivity index (χ2v) is 3.50. The lowest BCUT2D eigenvalue weighted by Crippen LogP contribution is -2.21. The van der Waals surface area contributed by atoms with Gasteiger partial charge in [0.2, 0.25) is 0 Å². The van der Waals surface area contributed by atoms with Crippen LogP contribution in [0.4, 0.5) is 13.2 Å². The van der Waals surface area contributed by atoms with Crippen LogP contribution in [0.1, 0.15) is 19.8 Å². The topological polar surface area (TPSA) is 101 Å². The number of alkyl halides is 3. The second-order valence-electron chi connectivity index (χ2n) is 2.41. The van der Waals surface area contributed by atoms with E-state index in [1.54, 1.807) is 0 Å². The molecule has 0 aliphatic rings. The molecular weight excluding hydrogens is 257 g/mol. The van der Waals surface area contributed by atoms with Crippen LogP contribution in [0.25, 0.3) is 0 Å². The van der Waals surface area contributed by atoms with Gasteiger partial charge in [-0.25, -0.2) is 8.98 Å². The van der Waals surface area contributed by atoms with Crippen LogP contribution >= 0.6 is 0 Å². The van der Waals surface area contributed by atoms with Crippen molar-refractivity contribution in [2.45, 2.75) is 25.9 Å². The van der Waals surface area contributed by atoms with Crippen LogP contribution in [0.3, 0.4) is 0 Å². The Balaban J connectivity index is 0. The van der Waals surface area contributed by atoms with E-state index >= 15 is 0 Å². The molecule has 0 saturated carbocycles. The largest absolute Gasteiger partial charge is 0.490 e. The van der Waals surface area contributed by atoms with Crippen molar-refractivity contribution in [3.05, 3.63) is 0 Å². The lowest BCUT2D eigenvalue weighted by molar-refractivity contribution is -0.192. The summed E-state index contributed by atoms with van der Waals surface area (Å²) in [6.45, 7) is 1.96. The number of unbranched alkanes of at least 4 members (excludes halogenated alkanes) is 1. The van der Waals surface area contributed by atoms with Gasteiger partial charge in [-0.15, -0.1) is 0 Å². The molecule has 10 heteroatoms. The minimum atomic E-state index is -5.08. The van der Waals surface area contributed by atoms with E-state index < -0.39 is 22.5 Å². The Morgan fingerprint density at radius 3 is 1.94 bits per heavy atom. The number of carboxylic acid groups (broad SMARTS) is 1. The first-order valence-electron chi connectivity index (χ1n) is 3.92. The van der Waals surface area contributed by atoms with E-state index in [4.69, 9.17) is 14.5 Å². The maximum atomic E-state index is 10.6. The number of aliphatic carboxylic acids is 1. The van der Waals surface area contributed by atoms with Crippen molar-refractivity contribution in [2.75, 3.05) is 6.61 Å². The standard InChI is InChI=1S/C4H10O4S.C2HF3O2/c1-2-3-4-8-9(5,6)7;3-2(4,5)1(6)7/h2-4H2,1H3,(H,5,6,7);(H,6,7). The van der Waals surface area contributed by atoms with Gasteiger partial charge in [0.25, 0.3) is 0 Å². The minimum Gasteiger partial charge on any atom is -0.475 e. The lowest BCUT2D eigenvalue weighted by atomic mass is 10.4. The molecule has 0 aliphatic heterocycles. The monoisotopic (exact) mass is 268 g/mol. The minimum absolute atomic E-state index is 0.0648. The third-order valence-corrected chi connectivity index (χ3v) is 1.44. The van der Waals surface area contributed by atoms with Crippen molar-refractivity contribution >= 4 is 16.4 Å². The van der Waals surface area contributed by atoms with Crippen LogP contribution in [-0.2, 0) is 19.4 Å². The van der Waals surface area contributed by atoms with Gasteiger partial charge < -0.3 is 5.11 Å². The summed E-state index contributed by atoms with van der Waals surface area (Å²) in [4.78, 5) is 8.90. The first kappa shape index (κ1) is 17.5. The maximum Gasteiger partial charge on any atom is 0.490 e. The molecule has 0 aromatic carbocycles. The first-order chi connectivity index (χ1) is 7.00. The number of hydrogen-bond donors (Lipinski definition) is 2. The summed E-state index contributed by atoms with van der Waals surface area (Å²) in [6.07, 6.45) is -3.60. The summed E-state index contributed by atoms with van der Waals surface area (Å²) in [6, 6.07) is 0. The molecule has 0 rings (SSSR count). The highest BCUT2D eigenvalue weighted by atomic mass is 32.3. The van der Waals surface area contributed by atoms with Gasteiger partial charge in [0.15, 0.2) is 0 Å². The molecule has 0 unspecified atom stereocenters. The lowest BCUT2D eigenvalue weighted by Gasteiger charge is -1.95. The molecule has 0 amide bonds. The van der Waals surface area contributed by atoms with Gasteiger partial charge in [0.1, 0.15) is 0 Å². The van der Waals surface area contributed by atoms with E-state index in [-0.39, 0.29) is 6.61 Å². The molecule has 0 aliphatic carbocycles. The fourth-order valence-electron chi connectivity index (χ4n) is 0.309. The molecule has 0 heterocycles. The smallest absolute Gasteiger partial charge is 0.475 e. The zero-order valence-corrected chi connectivity index (χ0v) is 9.01. The molecule has 0 radical (unpaired) electrons. The molecule has 6 nitrogen and oxygen atoms in total. The van der Waals surface area contributed by atoms with Gasteiger partial charge in [0, 0.05) is 0 Å². The van der Waals surface area contributed by atoms with Gasteiger partial charge in [-0.1, -0.05) is 13.3 Å². The van der Waals surface area contributed by atoms with Crippen molar-refractivity contribution in [3.63, 3.8) is 0 Å². The van der Waals surface area contributed by atoms with Crippen LogP contribution in [0.15, 0.2) is 0 Å². The fourth-order valence-corrected chi connectivity index (χ4v) is 0.637. The van der Waals surface area contributed by atoms with E-state index in [9.17, 15) is 21.6 Å². The van der Waals surface area contributed by atoms with Gasteiger partial charge in [-0.2, -0.15) is 21.6 Å². The van der Waals surface area contributed by atoms with Crippen LogP contribution in [0.2, 0.25) is 0 Å². The van der Waals surface area contributed by atoms with Crippen molar-refractivity contribution in [2.24, 2.45) is 0 Å². The zero-order valence-electron chi connectivity index (χ0n) is 8.19. The van der Waals surface area contributed by atoms with Gasteiger partial charge in [-0.05, 0) is 6.42 Å². The van der Waals surface area contributed by atoms with Crippen LogP contribution < -0.4 is 0 Å². The average Bonchev–Trinajstić information content (AvgIpc) is 2.01. The molecule has 0 bridgehead atoms. The Kier molecular flexibility index (Phi) is 8.12. The molecule has 0 spiro atoms. The zero-order chi connectivity index (χ0) is 13.4. The number of rotatable bonds is 4. The van der Waals surface area contributed by atoms with Crippen LogP contribution in [0, 0.1) is 0 Å². The Morgan fingerprint density at radius 2 is 1.75 bits per heavy atom. The first-order valence-corrected chi connectivity index (χ1v) is 5.29. The molecule has 0 fully saturated rings. The predicted octanol–water partition coefficient (Wildman–Crippen LogP) is 1.24. The van der Waals surface area contributed by atoms with Gasteiger partial charge in [0.05, 0.1) is 6.61 Å². The Morgan fingerprint density at radius 1 is 1.38 bits per heavy atom. The summed E-state index contributed by atoms with van der Waals surface area (Å²) < 4.78 is 63.4. The van der Waals surface area contributed by atoms with E-state index in [1.165, 1.54) is 0 Å². The highest BCUT2D eigenvalue weighted by Gasteiger charge is 2.38. The van der Waals surface area contributed by atoms with E-state index in [2.05, 4.69) is 4.18 Å². The summed E-state index contributed by atoms with van der Waals surface area (Å²) in [5, 5.41) is 7.12. The van der Waals surface area contributed by atoms with Crippen molar-refractivity contribution < 1.29 is 40.2 Å².